The molecule has 0 spiro atoms. The van der Waals surface area contributed by atoms with Gasteiger partial charge in [-0.1, -0.05) is 30.3 Å². The smallest absolute Gasteiger partial charge is 0.152 e. The van der Waals surface area contributed by atoms with E-state index in [0.717, 1.165) is 37.2 Å². The van der Waals surface area contributed by atoms with E-state index in [4.69, 9.17) is 0 Å². The minimum Gasteiger partial charge on any atom is -0.509 e. The molecule has 148 valence electrons. The van der Waals surface area contributed by atoms with Crippen LogP contribution in [0.3, 0.4) is 0 Å². The molecule has 1 aliphatic rings. The number of piperazine rings is 1. The van der Waals surface area contributed by atoms with Crippen LogP contribution in [0.1, 0.15) is 18.3 Å². The van der Waals surface area contributed by atoms with Crippen molar-refractivity contribution < 1.29 is 5.11 Å². The Morgan fingerprint density at radius 2 is 1.79 bits per heavy atom. The number of hydrogen-bond acceptors (Lipinski definition) is 5. The van der Waals surface area contributed by atoms with Crippen molar-refractivity contribution in [2.75, 3.05) is 31.1 Å². The van der Waals surface area contributed by atoms with Crippen molar-refractivity contribution in [1.82, 2.24) is 14.9 Å². The van der Waals surface area contributed by atoms with Crippen molar-refractivity contribution >= 4 is 22.3 Å². The molecule has 0 unspecified atom stereocenters. The molecule has 4 rings (SSSR count). The van der Waals surface area contributed by atoms with Crippen molar-refractivity contribution in [2.45, 2.75) is 19.9 Å². The van der Waals surface area contributed by atoms with Gasteiger partial charge >= 0.3 is 0 Å². The number of aromatic amines is 1. The number of fused-ring (bicyclic) bond motifs is 1. The maximum Gasteiger partial charge on any atom is 0.152 e. The zero-order valence-electron chi connectivity index (χ0n) is 16.8. The van der Waals surface area contributed by atoms with Gasteiger partial charge in [0, 0.05) is 31.9 Å². The summed E-state index contributed by atoms with van der Waals surface area (Å²) in [6, 6.07) is 17.9. The van der Waals surface area contributed by atoms with Crippen LogP contribution in [0.2, 0.25) is 0 Å². The summed E-state index contributed by atoms with van der Waals surface area (Å²) in [6.45, 7) is 7.48. The first-order valence-corrected chi connectivity index (χ1v) is 9.91. The number of rotatable bonds is 4. The lowest BCUT2D eigenvalue weighted by Gasteiger charge is -2.39. The fraction of sp³-hybridized carbons (Fsp3) is 0.304. The quantitative estimate of drug-likeness (QED) is 0.525. The van der Waals surface area contributed by atoms with E-state index in [1.54, 1.807) is 0 Å². The maximum absolute atomic E-state index is 10.9. The van der Waals surface area contributed by atoms with Gasteiger partial charge in [0.25, 0.3) is 0 Å². The summed E-state index contributed by atoms with van der Waals surface area (Å²) in [5.41, 5.74) is 4.37. The zero-order chi connectivity index (χ0) is 20.4. The number of H-pyrrole nitrogens is 1. The topological polar surface area (TPSA) is 79.2 Å². The number of aryl methyl sites for hydroxylation is 1. The molecule has 0 bridgehead atoms. The fourth-order valence-electron chi connectivity index (χ4n) is 3.95. The lowest BCUT2D eigenvalue weighted by molar-refractivity contribution is 0.178. The van der Waals surface area contributed by atoms with Crippen LogP contribution >= 0.6 is 0 Å². The van der Waals surface area contributed by atoms with Gasteiger partial charge in [0.1, 0.15) is 17.4 Å². The van der Waals surface area contributed by atoms with E-state index in [1.165, 1.54) is 11.3 Å². The summed E-state index contributed by atoms with van der Waals surface area (Å²) >= 11 is 0. The lowest BCUT2D eigenvalue weighted by Crippen LogP contribution is -2.50. The summed E-state index contributed by atoms with van der Waals surface area (Å²) < 4.78 is 0. The Morgan fingerprint density at radius 3 is 2.48 bits per heavy atom. The highest BCUT2D eigenvalue weighted by Crippen LogP contribution is 2.25. The number of aliphatic hydroxyl groups excluding tert-OH is 1. The number of nitrogens with one attached hydrogen (secondary N) is 1. The first-order valence-electron chi connectivity index (χ1n) is 9.91. The molecule has 2 aromatic carbocycles. The minimum absolute atomic E-state index is 0.0656. The second kappa shape index (κ2) is 7.98. The van der Waals surface area contributed by atoms with Gasteiger partial charge in [-0.15, -0.1) is 0 Å². The van der Waals surface area contributed by atoms with Gasteiger partial charge in [0.05, 0.1) is 17.1 Å². The second-order valence-corrected chi connectivity index (χ2v) is 7.46. The van der Waals surface area contributed by atoms with Crippen molar-refractivity contribution in [3.63, 3.8) is 0 Å². The van der Waals surface area contributed by atoms with Crippen LogP contribution in [0.15, 0.2) is 54.3 Å². The Balaban J connectivity index is 1.52. The van der Waals surface area contributed by atoms with Crippen LogP contribution in [0.5, 0.6) is 0 Å². The highest BCUT2D eigenvalue weighted by molar-refractivity contribution is 5.83. The molecule has 1 fully saturated rings. The minimum atomic E-state index is -0.253. The SMILES string of the molecule is Cc1ccccc1N1CCN([C@H](C)/C(O)=C(\C#N)c2nc3ccccc3[nH]2)CC1. The van der Waals surface area contributed by atoms with E-state index >= 15 is 0 Å². The number of hydrogen-bond donors (Lipinski definition) is 2. The van der Waals surface area contributed by atoms with Crippen LogP contribution in [0.4, 0.5) is 5.69 Å². The van der Waals surface area contributed by atoms with E-state index in [-0.39, 0.29) is 17.4 Å². The lowest BCUT2D eigenvalue weighted by atomic mass is 10.1. The van der Waals surface area contributed by atoms with Crippen LogP contribution in [-0.4, -0.2) is 52.2 Å². The number of aliphatic hydroxyl groups is 1. The highest BCUT2D eigenvalue weighted by atomic mass is 16.3. The Labute approximate surface area is 170 Å². The molecule has 0 radical (unpaired) electrons. The van der Waals surface area contributed by atoms with Crippen LogP contribution in [0.25, 0.3) is 16.6 Å². The number of benzene rings is 2. The van der Waals surface area contributed by atoms with Crippen molar-refractivity contribution in [2.24, 2.45) is 0 Å². The largest absolute Gasteiger partial charge is 0.509 e. The van der Waals surface area contributed by atoms with Gasteiger partial charge in [0.2, 0.25) is 0 Å². The number of nitriles is 1. The van der Waals surface area contributed by atoms with Crippen LogP contribution in [-0.2, 0) is 0 Å². The van der Waals surface area contributed by atoms with E-state index in [1.807, 2.05) is 31.2 Å². The number of allylic oxidation sites excluding steroid dienone is 1. The third kappa shape index (κ3) is 3.69. The standard InChI is InChI=1S/C23H25N5O/c1-16-7-3-6-10-21(16)28-13-11-27(12-14-28)17(2)22(29)18(15-24)23-25-19-8-4-5-9-20(19)26-23/h3-10,17,29H,11-14H2,1-2H3,(H,25,26)/b22-18-/t17-/m1/s1. The summed E-state index contributed by atoms with van der Waals surface area (Å²) in [5.74, 6) is 0.479. The normalized spacial score (nSPS) is 17.1. The summed E-state index contributed by atoms with van der Waals surface area (Å²) in [6.07, 6.45) is 0. The molecule has 1 saturated heterocycles. The van der Waals surface area contributed by atoms with E-state index < -0.39 is 0 Å². The molecule has 29 heavy (non-hydrogen) atoms. The summed E-state index contributed by atoms with van der Waals surface area (Å²) in [4.78, 5) is 12.2. The average molecular weight is 387 g/mol. The Morgan fingerprint density at radius 1 is 1.10 bits per heavy atom. The molecule has 1 aromatic heterocycles. The highest BCUT2D eigenvalue weighted by Gasteiger charge is 2.27. The number of aromatic nitrogens is 2. The molecular weight excluding hydrogens is 362 g/mol. The predicted octanol–water partition coefficient (Wildman–Crippen LogP) is 3.87. The van der Waals surface area contributed by atoms with Gasteiger partial charge in [-0.2, -0.15) is 5.26 Å². The molecule has 0 aliphatic carbocycles. The zero-order valence-corrected chi connectivity index (χ0v) is 16.8. The molecule has 6 nitrogen and oxygen atoms in total. The van der Waals surface area contributed by atoms with Gasteiger partial charge in [-0.05, 0) is 37.6 Å². The Bertz CT molecular complexity index is 1050. The first-order chi connectivity index (χ1) is 14.1. The first kappa shape index (κ1) is 19.0. The number of nitrogens with zero attached hydrogens (tertiary/aromatic N) is 4. The maximum atomic E-state index is 10.9. The summed E-state index contributed by atoms with van der Waals surface area (Å²) in [7, 11) is 0. The molecule has 2 N–H and O–H groups in total. The molecule has 1 atom stereocenters. The Hall–Kier alpha value is -3.30. The number of para-hydroxylation sites is 3. The molecule has 0 amide bonds. The van der Waals surface area contributed by atoms with Gasteiger partial charge < -0.3 is 15.0 Å². The fourth-order valence-corrected chi connectivity index (χ4v) is 3.95. The van der Waals surface area contributed by atoms with Crippen LogP contribution in [0, 0.1) is 18.3 Å². The van der Waals surface area contributed by atoms with E-state index in [9.17, 15) is 10.4 Å². The molecule has 6 heteroatoms. The Kier molecular flexibility index (Phi) is 5.24. The van der Waals surface area contributed by atoms with Crippen molar-refractivity contribution in [3.8, 4) is 6.07 Å². The molecule has 3 aromatic rings. The van der Waals surface area contributed by atoms with Crippen LogP contribution < -0.4 is 4.90 Å². The van der Waals surface area contributed by atoms with E-state index in [2.05, 4.69) is 57.0 Å². The number of anilines is 1. The number of imidazole rings is 1. The predicted molar refractivity (Wildman–Crippen MR) is 116 cm³/mol. The van der Waals surface area contributed by atoms with Gasteiger partial charge in [0.15, 0.2) is 5.82 Å². The molecule has 0 saturated carbocycles. The third-order valence-electron chi connectivity index (χ3n) is 5.71. The third-order valence-corrected chi connectivity index (χ3v) is 5.71. The molecule has 2 heterocycles. The molecule has 1 aliphatic heterocycles. The van der Waals surface area contributed by atoms with Gasteiger partial charge in [-0.25, -0.2) is 4.98 Å². The van der Waals surface area contributed by atoms with Crippen molar-refractivity contribution in [3.05, 3.63) is 65.7 Å². The second-order valence-electron chi connectivity index (χ2n) is 7.46. The monoisotopic (exact) mass is 387 g/mol. The molecular formula is C23H25N5O. The van der Waals surface area contributed by atoms with Gasteiger partial charge in [-0.3, -0.25) is 4.90 Å². The summed E-state index contributed by atoms with van der Waals surface area (Å²) in [5, 5.41) is 20.6. The van der Waals surface area contributed by atoms with E-state index in [0.29, 0.717) is 5.82 Å². The average Bonchev–Trinajstić information content (AvgIpc) is 3.18. The van der Waals surface area contributed by atoms with Crippen molar-refractivity contribution in [1.29, 1.82) is 5.26 Å².